The summed E-state index contributed by atoms with van der Waals surface area (Å²) in [7, 11) is 0. The molecular formula is C114H157N3O12. The number of carbonyl (C=O) groups is 7. The smallest absolute Gasteiger partial charge is 0.306 e. The minimum absolute atomic E-state index is 0.00633. The summed E-state index contributed by atoms with van der Waals surface area (Å²) in [5.74, 6) is 29.3. The Balaban J connectivity index is 0.000000122. The predicted molar refractivity (Wildman–Crippen MR) is 503 cm³/mol. The number of rotatable bonds is 15. The molecule has 0 radical (unpaired) electrons. The molecule has 32 atom stereocenters. The summed E-state index contributed by atoms with van der Waals surface area (Å²) in [6, 6.07) is 20.6. The van der Waals surface area contributed by atoms with Crippen molar-refractivity contribution in [3.8, 4) is 23.7 Å². The van der Waals surface area contributed by atoms with Gasteiger partial charge >= 0.3 is 5.97 Å². The third kappa shape index (κ3) is 19.0. The van der Waals surface area contributed by atoms with Crippen LogP contribution in [0.3, 0.4) is 0 Å². The highest BCUT2D eigenvalue weighted by atomic mass is 16.5. The highest BCUT2D eigenvalue weighted by Gasteiger charge is 2.64. The first-order valence-electron chi connectivity index (χ1n) is 52.1. The summed E-state index contributed by atoms with van der Waals surface area (Å²) in [5, 5.41) is 48.2. The zero-order valence-electron chi connectivity index (χ0n) is 80.1. The molecule has 0 bridgehead atoms. The van der Waals surface area contributed by atoms with E-state index in [2.05, 4.69) is 56.5 Å². The molecule has 16 saturated carbocycles. The Bertz CT molecular complexity index is 4680. The number of ketones is 6. The average Bonchev–Trinajstić information content (AvgIpc) is 1.63. The molecule has 16 fully saturated rings. The fraction of sp³-hybridized carbons (Fsp3) is 0.737. The number of aromatic nitrogens is 3. The minimum Gasteiger partial charge on any atom is -0.458 e. The maximum absolute atomic E-state index is 13.2. The Morgan fingerprint density at radius 3 is 1.09 bits per heavy atom. The Morgan fingerprint density at radius 1 is 0.380 bits per heavy atom. The summed E-state index contributed by atoms with van der Waals surface area (Å²) in [6.45, 7) is 21.8. The Hall–Kier alpha value is -6.62. The van der Waals surface area contributed by atoms with Crippen LogP contribution in [0, 0.1) is 187 Å². The van der Waals surface area contributed by atoms with E-state index in [-0.39, 0.29) is 75.3 Å². The van der Waals surface area contributed by atoms with E-state index in [1.807, 2.05) is 105 Å². The van der Waals surface area contributed by atoms with E-state index >= 15 is 0 Å². The van der Waals surface area contributed by atoms with E-state index in [1.54, 1.807) is 36.9 Å². The Labute approximate surface area is 772 Å². The van der Waals surface area contributed by atoms with E-state index in [9.17, 15) is 54.0 Å². The topological polar surface area (TPSA) is 232 Å². The molecule has 129 heavy (non-hydrogen) atoms. The van der Waals surface area contributed by atoms with Crippen LogP contribution in [0.4, 0.5) is 0 Å². The third-order valence-electron chi connectivity index (χ3n) is 40.6. The monoisotopic (exact) mass is 1760 g/mol. The van der Waals surface area contributed by atoms with Crippen LogP contribution in [0.15, 0.2) is 91.5 Å². The van der Waals surface area contributed by atoms with Crippen molar-refractivity contribution in [2.45, 2.75) is 355 Å². The molecule has 15 nitrogen and oxygen atoms in total. The van der Waals surface area contributed by atoms with Gasteiger partial charge in [0.2, 0.25) is 0 Å². The summed E-state index contributed by atoms with van der Waals surface area (Å²) in [4.78, 5) is 87.0. The number of hydrogen-bond donors (Lipinski definition) is 4. The highest BCUT2D eigenvalue weighted by molar-refractivity contribution is 5.94. The third-order valence-corrected chi connectivity index (χ3v) is 40.6. The fourth-order valence-corrected chi connectivity index (χ4v) is 34.4. The van der Waals surface area contributed by atoms with Gasteiger partial charge in [-0.1, -0.05) is 89.5 Å². The zero-order valence-corrected chi connectivity index (χ0v) is 80.1. The lowest BCUT2D eigenvalue weighted by molar-refractivity contribution is -0.151. The minimum atomic E-state index is -0.948. The SMILES string of the molecule is CCC(=O)[C@H]1CC[C@H]2[C@@H]3CC[C@@H]4C[C@@](O)(C#Cc5ccc(C(C)=O)cc5)CC[C@@H]4[C@H]3CC[C@]12C.CCCC(=O)OCC(=O)[C@H]1CC[C@H]2[C@@H]3CC[C@@H]4C[C@@](O)(C#Cc5ccc(C(C)=O)cc5)CC[C@@H]4[C@H]3CC[C@]12C.C[C@@]1(O)CC[C@H]2[C@H](CC[C@@H]3[C@@H]2CC[C@]2(C)[C@@H](C(=O)Cn4cccc4)CC[C@@H]32)C1.C[C@@]1(O)CC[C@H]2[C@H](CC[C@@H]3[C@@H]2CC[C@]2(C)[C@@H](C(=O)Cn4cccn4)CC[C@@H]32)C1. The van der Waals surface area contributed by atoms with Crippen molar-refractivity contribution >= 4 is 40.7 Å². The molecule has 4 aromatic rings. The number of fused-ring (bicyclic) bond motifs is 20. The van der Waals surface area contributed by atoms with E-state index in [1.165, 1.54) is 116 Å². The van der Waals surface area contributed by atoms with Crippen LogP contribution in [-0.2, 0) is 41.8 Å². The number of benzene rings is 2. The van der Waals surface area contributed by atoms with Gasteiger partial charge in [0, 0.05) is 83.6 Å². The molecule has 4 N–H and O–H groups in total. The second kappa shape index (κ2) is 37.9. The molecule has 16 aliphatic rings. The van der Waals surface area contributed by atoms with E-state index in [0.717, 1.165) is 198 Å². The van der Waals surface area contributed by atoms with Gasteiger partial charge in [0.15, 0.2) is 28.9 Å². The van der Waals surface area contributed by atoms with Crippen molar-refractivity contribution in [1.82, 2.24) is 14.3 Å². The van der Waals surface area contributed by atoms with E-state index < -0.39 is 22.4 Å². The van der Waals surface area contributed by atoms with Crippen LogP contribution >= 0.6 is 0 Å². The van der Waals surface area contributed by atoms with Crippen molar-refractivity contribution in [2.24, 2.45) is 164 Å². The number of hydrogen-bond acceptors (Lipinski definition) is 13. The molecule has 2 aromatic heterocycles. The molecule has 2 heterocycles. The van der Waals surface area contributed by atoms with Crippen LogP contribution < -0.4 is 0 Å². The van der Waals surface area contributed by atoms with Gasteiger partial charge in [-0.25, -0.2) is 0 Å². The van der Waals surface area contributed by atoms with Gasteiger partial charge in [-0.05, 0) is 448 Å². The zero-order chi connectivity index (χ0) is 90.9. The van der Waals surface area contributed by atoms with Crippen LogP contribution in [0.1, 0.15) is 351 Å². The number of nitrogens with zero attached hydrogens (tertiary/aromatic N) is 3. The van der Waals surface area contributed by atoms with Gasteiger partial charge in [-0.2, -0.15) is 5.10 Å². The first-order chi connectivity index (χ1) is 61.6. The van der Waals surface area contributed by atoms with Crippen molar-refractivity contribution in [3.63, 3.8) is 0 Å². The lowest BCUT2D eigenvalue weighted by atomic mass is 9.49. The lowest BCUT2D eigenvalue weighted by Gasteiger charge is -2.56. The fourth-order valence-electron chi connectivity index (χ4n) is 34.4. The second-order valence-electron chi connectivity index (χ2n) is 47.4. The molecule has 0 unspecified atom stereocenters. The van der Waals surface area contributed by atoms with Gasteiger partial charge in [0.1, 0.15) is 23.6 Å². The first-order valence-corrected chi connectivity index (χ1v) is 52.1. The van der Waals surface area contributed by atoms with Gasteiger partial charge < -0.3 is 29.7 Å². The first kappa shape index (κ1) is 94.2. The van der Waals surface area contributed by atoms with Crippen LogP contribution in [0.2, 0.25) is 0 Å². The number of ether oxygens (including phenoxy) is 1. The van der Waals surface area contributed by atoms with Crippen LogP contribution in [-0.4, -0.2) is 104 Å². The van der Waals surface area contributed by atoms with E-state index in [4.69, 9.17) is 4.74 Å². The molecule has 0 spiro atoms. The molecule has 15 heteroatoms. The number of carbonyl (C=O) groups excluding carboxylic acids is 7. The second-order valence-corrected chi connectivity index (χ2v) is 47.4. The van der Waals surface area contributed by atoms with Gasteiger partial charge in [-0.3, -0.25) is 38.2 Å². The summed E-state index contributed by atoms with van der Waals surface area (Å²) >= 11 is 0. The van der Waals surface area contributed by atoms with Crippen molar-refractivity contribution in [2.75, 3.05) is 6.61 Å². The lowest BCUT2D eigenvalue weighted by Crippen LogP contribution is -2.51. The maximum Gasteiger partial charge on any atom is 0.306 e. The summed E-state index contributed by atoms with van der Waals surface area (Å²) < 4.78 is 9.14. The predicted octanol–water partition coefficient (Wildman–Crippen LogP) is 21.9. The quantitative estimate of drug-likeness (QED) is 0.0493. The van der Waals surface area contributed by atoms with Gasteiger partial charge in [-0.15, -0.1) is 0 Å². The van der Waals surface area contributed by atoms with Crippen LogP contribution in [0.25, 0.3) is 0 Å². The molecule has 0 saturated heterocycles. The normalized spacial score (nSPS) is 42.7. The summed E-state index contributed by atoms with van der Waals surface area (Å²) in [6.07, 6.45) is 49.8. The van der Waals surface area contributed by atoms with E-state index in [0.29, 0.717) is 108 Å². The average molecular weight is 1760 g/mol. The summed E-state index contributed by atoms with van der Waals surface area (Å²) in [5.41, 5.74) is 0.988. The number of esters is 1. The Kier molecular flexibility index (Phi) is 27.7. The molecule has 16 aliphatic carbocycles. The standard InChI is InChI=1S/C34H44O5.C31H40O3.C25H37NO2.C24H36N2O2/c1-4-5-32(37)39-21-31(36)30-13-12-29-28-11-10-25-20-34(38,18-14-23-6-8-24(9-7-23)22(2)35)19-16-26(25)27(28)15-17-33(29,30)3;1-4-29(33)28-12-11-27-26-10-9-23-19-31(34,17-13-21-5-7-22(8-6-21)20(2)32)18-15-24(23)25(26)14-16-30(27,28)3;1-24(28)11-9-18-17(15-24)5-6-20-19(18)10-12-25(2)21(20)7-8-22(25)23(27)16-26-13-3-4-14-26;1-23(28)10-8-17-16(14-23)4-5-19-18(17)9-11-24(2)20(19)6-7-21(24)22(27)15-26-13-3-12-25-26/h6-9,25-30,38H,4-5,10-13,15-17,19-21H2,1-3H3;5-8,23-28,34H,4,9-12,14-16,18-19H2,1-3H3;3-4,13-14,17-22,28H,5-12,15-16H2,1-2H3;3,12-13,16-21,28H,4-11,14-15H2,1-2H3/t25-,26+,27-,28-,29+,30-,33+,34-;23-,24+,25-,26-,27+,28-,30+,31-;17-,18+,19-,20-,21+,22-,24-,25+;16-,17+,18-,19-,20+,21-,23-,24+/m1111/s1. The molecule has 700 valence electrons. The maximum atomic E-state index is 13.2. The van der Waals surface area contributed by atoms with Gasteiger partial charge in [0.05, 0.1) is 24.3 Å². The highest BCUT2D eigenvalue weighted by Crippen LogP contribution is 2.70. The molecule has 20 rings (SSSR count). The largest absolute Gasteiger partial charge is 0.458 e. The van der Waals surface area contributed by atoms with Crippen molar-refractivity contribution < 1.29 is 58.7 Å². The molecule has 2 aromatic carbocycles. The van der Waals surface area contributed by atoms with Crippen molar-refractivity contribution in [3.05, 3.63) is 114 Å². The Morgan fingerprint density at radius 2 is 0.729 bits per heavy atom. The number of Topliss-reactive ketones (excluding diaryl/α,β-unsaturated/α-hetero) is 6. The van der Waals surface area contributed by atoms with Crippen LogP contribution in [0.5, 0.6) is 0 Å². The molecular weight excluding hydrogens is 1600 g/mol. The van der Waals surface area contributed by atoms with Gasteiger partial charge in [0.25, 0.3) is 0 Å². The molecule has 0 aliphatic heterocycles. The van der Waals surface area contributed by atoms with Crippen molar-refractivity contribution in [1.29, 1.82) is 0 Å². The number of aliphatic hydroxyl groups is 4. The molecule has 0 amide bonds.